The second kappa shape index (κ2) is 4.40. The minimum Gasteiger partial charge on any atom is -0.481 e. The Morgan fingerprint density at radius 3 is 2.88 bits per heavy atom. The topological polar surface area (TPSA) is 83.7 Å². The summed E-state index contributed by atoms with van der Waals surface area (Å²) < 4.78 is 0. The molecule has 1 N–H and O–H groups in total. The van der Waals surface area contributed by atoms with Crippen molar-refractivity contribution in [2.24, 2.45) is 5.92 Å². The van der Waals surface area contributed by atoms with E-state index >= 15 is 0 Å². The lowest BCUT2D eigenvalue weighted by Crippen LogP contribution is -2.22. The summed E-state index contributed by atoms with van der Waals surface area (Å²) in [7, 11) is 0. The van der Waals surface area contributed by atoms with Crippen LogP contribution in [0.4, 0.5) is 11.4 Å². The van der Waals surface area contributed by atoms with Crippen LogP contribution in [0.3, 0.4) is 0 Å². The van der Waals surface area contributed by atoms with Gasteiger partial charge in [0.2, 0.25) is 0 Å². The first kappa shape index (κ1) is 11.4. The molecule has 6 heteroatoms. The zero-order chi connectivity index (χ0) is 12.4. The Kier molecular flexibility index (Phi) is 2.95. The summed E-state index contributed by atoms with van der Waals surface area (Å²) in [4.78, 5) is 22.9. The van der Waals surface area contributed by atoms with E-state index in [9.17, 15) is 14.9 Å². The van der Waals surface area contributed by atoms with Gasteiger partial charge in [0.25, 0.3) is 5.69 Å². The molecule has 1 saturated heterocycles. The molecule has 90 valence electrons. The molecule has 1 unspecified atom stereocenters. The van der Waals surface area contributed by atoms with Crippen molar-refractivity contribution < 1.29 is 14.8 Å². The highest BCUT2D eigenvalue weighted by Crippen LogP contribution is 2.26. The second-order valence-corrected chi connectivity index (χ2v) is 4.05. The first-order valence-electron chi connectivity index (χ1n) is 5.30. The van der Waals surface area contributed by atoms with Crippen molar-refractivity contribution in [3.63, 3.8) is 0 Å². The van der Waals surface area contributed by atoms with Crippen LogP contribution < -0.4 is 4.90 Å². The lowest BCUT2D eigenvalue weighted by Gasteiger charge is -2.17. The maximum atomic E-state index is 10.8. The third-order valence-corrected chi connectivity index (χ3v) is 2.94. The van der Waals surface area contributed by atoms with E-state index in [-0.39, 0.29) is 11.6 Å². The Bertz CT molecular complexity index is 461. The zero-order valence-electron chi connectivity index (χ0n) is 9.07. The molecule has 0 aromatic heterocycles. The van der Waals surface area contributed by atoms with Gasteiger partial charge in [0.1, 0.15) is 0 Å². The number of nitrogens with zero attached hydrogens (tertiary/aromatic N) is 2. The van der Waals surface area contributed by atoms with Crippen LogP contribution >= 0.6 is 0 Å². The summed E-state index contributed by atoms with van der Waals surface area (Å²) in [5.41, 5.74) is 0.740. The number of benzene rings is 1. The van der Waals surface area contributed by atoms with E-state index in [2.05, 4.69) is 0 Å². The molecule has 1 atom stereocenters. The van der Waals surface area contributed by atoms with Crippen molar-refractivity contribution in [3.05, 3.63) is 34.4 Å². The predicted molar refractivity (Wildman–Crippen MR) is 61.1 cm³/mol. The second-order valence-electron chi connectivity index (χ2n) is 4.05. The van der Waals surface area contributed by atoms with Gasteiger partial charge in [-0.05, 0) is 12.5 Å². The smallest absolute Gasteiger partial charge is 0.308 e. The fraction of sp³-hybridized carbons (Fsp3) is 0.364. The molecule has 0 aliphatic carbocycles. The normalized spacial score (nSPS) is 19.3. The molecule has 1 heterocycles. The molecule has 17 heavy (non-hydrogen) atoms. The number of hydrogen-bond donors (Lipinski definition) is 1. The number of carboxylic acids is 1. The van der Waals surface area contributed by atoms with E-state index in [1.165, 1.54) is 12.1 Å². The highest BCUT2D eigenvalue weighted by Gasteiger charge is 2.28. The molecule has 0 spiro atoms. The molecule has 2 rings (SSSR count). The first-order chi connectivity index (χ1) is 8.08. The summed E-state index contributed by atoms with van der Waals surface area (Å²) >= 11 is 0. The SMILES string of the molecule is O=C(O)C1CCN(c2cccc([N+](=O)[O-])c2)C1. The number of carboxylic acid groups (broad SMARTS) is 1. The lowest BCUT2D eigenvalue weighted by atomic mass is 10.1. The van der Waals surface area contributed by atoms with E-state index in [4.69, 9.17) is 5.11 Å². The summed E-state index contributed by atoms with van der Waals surface area (Å²) in [6.07, 6.45) is 0.581. The summed E-state index contributed by atoms with van der Waals surface area (Å²) in [6, 6.07) is 6.28. The number of hydrogen-bond acceptors (Lipinski definition) is 4. The van der Waals surface area contributed by atoms with Crippen molar-refractivity contribution in [1.29, 1.82) is 0 Å². The van der Waals surface area contributed by atoms with Crippen molar-refractivity contribution in [1.82, 2.24) is 0 Å². The molecular weight excluding hydrogens is 224 g/mol. The molecule has 0 saturated carbocycles. The zero-order valence-corrected chi connectivity index (χ0v) is 9.07. The summed E-state index contributed by atoms with van der Waals surface area (Å²) in [6.45, 7) is 1.04. The van der Waals surface area contributed by atoms with Crippen LogP contribution in [-0.4, -0.2) is 29.1 Å². The monoisotopic (exact) mass is 236 g/mol. The van der Waals surface area contributed by atoms with Gasteiger partial charge in [-0.2, -0.15) is 0 Å². The van der Waals surface area contributed by atoms with E-state index in [0.717, 1.165) is 0 Å². The van der Waals surface area contributed by atoms with Crippen molar-refractivity contribution in [2.75, 3.05) is 18.0 Å². The van der Waals surface area contributed by atoms with E-state index in [1.54, 1.807) is 12.1 Å². The number of carbonyl (C=O) groups is 1. The van der Waals surface area contributed by atoms with Gasteiger partial charge in [-0.3, -0.25) is 14.9 Å². The molecule has 0 radical (unpaired) electrons. The lowest BCUT2D eigenvalue weighted by molar-refractivity contribution is -0.384. The van der Waals surface area contributed by atoms with Crippen LogP contribution in [0, 0.1) is 16.0 Å². The maximum absolute atomic E-state index is 10.8. The van der Waals surface area contributed by atoms with Crippen LogP contribution in [0.15, 0.2) is 24.3 Å². The Balaban J connectivity index is 2.16. The van der Waals surface area contributed by atoms with Gasteiger partial charge >= 0.3 is 5.97 Å². The van der Waals surface area contributed by atoms with Crippen LogP contribution in [-0.2, 0) is 4.79 Å². The summed E-state index contributed by atoms with van der Waals surface area (Å²) in [5, 5.41) is 19.5. The number of nitro groups is 1. The van der Waals surface area contributed by atoms with Gasteiger partial charge in [-0.25, -0.2) is 0 Å². The summed E-state index contributed by atoms with van der Waals surface area (Å²) in [5.74, 6) is -1.19. The molecular formula is C11H12N2O4. The minimum absolute atomic E-state index is 0.0290. The molecule has 1 aliphatic rings. The van der Waals surface area contributed by atoms with E-state index in [1.807, 2.05) is 4.90 Å². The molecule has 0 bridgehead atoms. The standard InChI is InChI=1S/C11H12N2O4/c14-11(15)8-4-5-12(7-8)9-2-1-3-10(6-9)13(16)17/h1-3,6,8H,4-5,7H2,(H,14,15). The number of aliphatic carboxylic acids is 1. The average molecular weight is 236 g/mol. The molecule has 0 amide bonds. The van der Waals surface area contributed by atoms with Gasteiger partial charge in [0.05, 0.1) is 10.8 Å². The largest absolute Gasteiger partial charge is 0.481 e. The van der Waals surface area contributed by atoms with E-state index in [0.29, 0.717) is 25.2 Å². The predicted octanol–water partition coefficient (Wildman–Crippen LogP) is 1.51. The third-order valence-electron chi connectivity index (χ3n) is 2.94. The Morgan fingerprint density at radius 2 is 2.29 bits per heavy atom. The quantitative estimate of drug-likeness (QED) is 0.635. The number of nitro benzene ring substituents is 1. The number of rotatable bonds is 3. The molecule has 1 fully saturated rings. The van der Waals surface area contributed by atoms with Gasteiger partial charge < -0.3 is 10.0 Å². The molecule has 1 aromatic carbocycles. The number of non-ortho nitro benzene ring substituents is 1. The Hall–Kier alpha value is -2.11. The molecule has 6 nitrogen and oxygen atoms in total. The first-order valence-corrected chi connectivity index (χ1v) is 5.30. The molecule has 1 aliphatic heterocycles. The van der Waals surface area contributed by atoms with Crippen molar-refractivity contribution >= 4 is 17.3 Å². The fourth-order valence-corrected chi connectivity index (χ4v) is 2.00. The number of anilines is 1. The van der Waals surface area contributed by atoms with Crippen molar-refractivity contribution in [3.8, 4) is 0 Å². The van der Waals surface area contributed by atoms with Crippen LogP contribution in [0.2, 0.25) is 0 Å². The van der Waals surface area contributed by atoms with Gasteiger partial charge in [0.15, 0.2) is 0 Å². The van der Waals surface area contributed by atoms with Crippen LogP contribution in [0.1, 0.15) is 6.42 Å². The van der Waals surface area contributed by atoms with Crippen molar-refractivity contribution in [2.45, 2.75) is 6.42 Å². The average Bonchev–Trinajstić information content (AvgIpc) is 2.78. The van der Waals surface area contributed by atoms with Crippen LogP contribution in [0.5, 0.6) is 0 Å². The van der Waals surface area contributed by atoms with Gasteiger partial charge in [-0.1, -0.05) is 6.07 Å². The Morgan fingerprint density at radius 1 is 1.53 bits per heavy atom. The third kappa shape index (κ3) is 2.35. The van der Waals surface area contributed by atoms with Crippen LogP contribution in [0.25, 0.3) is 0 Å². The highest BCUT2D eigenvalue weighted by atomic mass is 16.6. The van der Waals surface area contributed by atoms with Gasteiger partial charge in [-0.15, -0.1) is 0 Å². The Labute approximate surface area is 97.6 Å². The molecule has 1 aromatic rings. The highest BCUT2D eigenvalue weighted by molar-refractivity contribution is 5.72. The minimum atomic E-state index is -0.807. The van der Waals surface area contributed by atoms with E-state index < -0.39 is 10.9 Å². The van der Waals surface area contributed by atoms with Gasteiger partial charge in [0, 0.05) is 30.9 Å². The maximum Gasteiger partial charge on any atom is 0.308 e. The fourth-order valence-electron chi connectivity index (χ4n) is 2.00.